The molecule has 1 fully saturated rings. The summed E-state index contributed by atoms with van der Waals surface area (Å²) in [6, 6.07) is 2.04. The van der Waals surface area contributed by atoms with Crippen LogP contribution in [0, 0.1) is 29.6 Å². The molecular weight excluding hydrogens is 264 g/mol. The van der Waals surface area contributed by atoms with E-state index in [1.807, 2.05) is 11.0 Å². The molecule has 1 rings (SSSR count). The van der Waals surface area contributed by atoms with Crippen molar-refractivity contribution >= 4 is 10.2 Å². The van der Waals surface area contributed by atoms with Crippen molar-refractivity contribution in [1.29, 1.82) is 5.26 Å². The highest BCUT2D eigenvalue weighted by molar-refractivity contribution is 7.86. The second kappa shape index (κ2) is 6.88. The van der Waals surface area contributed by atoms with Crippen LogP contribution in [-0.2, 0) is 10.2 Å². The van der Waals surface area contributed by atoms with Crippen LogP contribution in [0.2, 0.25) is 0 Å². The molecule has 0 aromatic carbocycles. The highest BCUT2D eigenvalue weighted by Gasteiger charge is 2.30. The molecule has 19 heavy (non-hydrogen) atoms. The van der Waals surface area contributed by atoms with E-state index in [1.54, 1.807) is 6.92 Å². The van der Waals surface area contributed by atoms with Gasteiger partial charge in [-0.3, -0.25) is 4.90 Å². The molecule has 1 unspecified atom stereocenters. The molecule has 1 aliphatic heterocycles. The molecule has 1 aliphatic rings. The standard InChI is InChI=1S/C12H20N4O2S/c1-4-5-15-6-8-16(9-7-15)19(17,18)14(3)11-12(2)10-13/h1,12H,5-9,11H2,2-3H3. The van der Waals surface area contributed by atoms with E-state index in [0.717, 1.165) is 0 Å². The Morgan fingerprint density at radius 1 is 1.37 bits per heavy atom. The second-order valence-corrected chi connectivity index (χ2v) is 6.73. The number of terminal acetylenes is 1. The lowest BCUT2D eigenvalue weighted by Crippen LogP contribution is -2.52. The van der Waals surface area contributed by atoms with E-state index in [9.17, 15) is 8.42 Å². The van der Waals surface area contributed by atoms with Crippen LogP contribution < -0.4 is 0 Å². The minimum atomic E-state index is -3.47. The van der Waals surface area contributed by atoms with Crippen LogP contribution in [0.3, 0.4) is 0 Å². The van der Waals surface area contributed by atoms with Crippen LogP contribution >= 0.6 is 0 Å². The molecule has 0 aromatic rings. The molecule has 0 aromatic heterocycles. The predicted octanol–water partition coefficient (Wildman–Crippen LogP) is -0.427. The van der Waals surface area contributed by atoms with Gasteiger partial charge in [0, 0.05) is 39.8 Å². The van der Waals surface area contributed by atoms with Crippen molar-refractivity contribution in [3.8, 4) is 18.4 Å². The maximum Gasteiger partial charge on any atom is 0.281 e. The Bertz CT molecular complexity index is 469. The van der Waals surface area contributed by atoms with Crippen LogP contribution in [0.25, 0.3) is 0 Å². The third-order valence-electron chi connectivity index (χ3n) is 3.12. The topological polar surface area (TPSA) is 67.7 Å². The Hall–Kier alpha value is -1.12. The molecule has 7 heteroatoms. The fraction of sp³-hybridized carbons (Fsp3) is 0.750. The van der Waals surface area contributed by atoms with E-state index >= 15 is 0 Å². The summed E-state index contributed by atoms with van der Waals surface area (Å²) in [6.07, 6.45) is 5.24. The summed E-state index contributed by atoms with van der Waals surface area (Å²) in [5.74, 6) is 2.24. The average molecular weight is 284 g/mol. The van der Waals surface area contributed by atoms with E-state index < -0.39 is 10.2 Å². The molecular formula is C12H20N4O2S. The molecule has 1 atom stereocenters. The first kappa shape index (κ1) is 15.9. The number of rotatable bonds is 5. The normalized spacial score (nSPS) is 19.8. The lowest BCUT2D eigenvalue weighted by Gasteiger charge is -2.35. The maximum absolute atomic E-state index is 12.3. The maximum atomic E-state index is 12.3. The van der Waals surface area contributed by atoms with Crippen LogP contribution in [0.15, 0.2) is 0 Å². The molecule has 0 amide bonds. The van der Waals surface area contributed by atoms with Crippen LogP contribution in [-0.4, -0.2) is 68.2 Å². The monoisotopic (exact) mass is 284 g/mol. The molecule has 106 valence electrons. The van der Waals surface area contributed by atoms with Gasteiger partial charge >= 0.3 is 0 Å². The largest absolute Gasteiger partial charge is 0.290 e. The SMILES string of the molecule is C#CCN1CCN(S(=O)(=O)N(C)CC(C)C#N)CC1. The van der Waals surface area contributed by atoms with Crippen molar-refractivity contribution < 1.29 is 8.42 Å². The summed E-state index contributed by atoms with van der Waals surface area (Å²) in [5.41, 5.74) is 0. The van der Waals surface area contributed by atoms with Gasteiger partial charge in [-0.1, -0.05) is 5.92 Å². The zero-order valence-electron chi connectivity index (χ0n) is 11.4. The Morgan fingerprint density at radius 3 is 2.42 bits per heavy atom. The van der Waals surface area contributed by atoms with Crippen molar-refractivity contribution in [2.75, 3.05) is 46.3 Å². The first-order chi connectivity index (χ1) is 8.91. The molecule has 6 nitrogen and oxygen atoms in total. The molecule has 0 radical (unpaired) electrons. The van der Waals surface area contributed by atoms with Gasteiger partial charge in [0.15, 0.2) is 0 Å². The zero-order chi connectivity index (χ0) is 14.5. The Morgan fingerprint density at radius 2 is 1.95 bits per heavy atom. The van der Waals surface area contributed by atoms with Gasteiger partial charge in [0.1, 0.15) is 0 Å². The lowest BCUT2D eigenvalue weighted by molar-refractivity contribution is 0.199. The van der Waals surface area contributed by atoms with Gasteiger partial charge < -0.3 is 0 Å². The minimum absolute atomic E-state index is 0.212. The molecule has 1 saturated heterocycles. The molecule has 1 heterocycles. The number of hydrogen-bond acceptors (Lipinski definition) is 4. The number of nitriles is 1. The third-order valence-corrected chi connectivity index (χ3v) is 5.07. The van der Waals surface area contributed by atoms with Crippen molar-refractivity contribution in [2.24, 2.45) is 5.92 Å². The van der Waals surface area contributed by atoms with Gasteiger partial charge in [-0.05, 0) is 6.92 Å². The van der Waals surface area contributed by atoms with Gasteiger partial charge in [-0.15, -0.1) is 6.42 Å². The Balaban J connectivity index is 2.60. The summed E-state index contributed by atoms with van der Waals surface area (Å²) in [6.45, 7) is 4.64. The van der Waals surface area contributed by atoms with Crippen molar-refractivity contribution in [2.45, 2.75) is 6.92 Å². The first-order valence-electron chi connectivity index (χ1n) is 6.18. The first-order valence-corrected chi connectivity index (χ1v) is 7.58. The smallest absolute Gasteiger partial charge is 0.281 e. The van der Waals surface area contributed by atoms with E-state index in [1.165, 1.54) is 15.7 Å². The second-order valence-electron chi connectivity index (χ2n) is 4.70. The quantitative estimate of drug-likeness (QED) is 0.643. The summed E-state index contributed by atoms with van der Waals surface area (Å²) in [4.78, 5) is 2.05. The minimum Gasteiger partial charge on any atom is -0.290 e. The highest BCUT2D eigenvalue weighted by Crippen LogP contribution is 2.12. The van der Waals surface area contributed by atoms with E-state index in [0.29, 0.717) is 32.7 Å². The fourth-order valence-electron chi connectivity index (χ4n) is 1.97. The lowest BCUT2D eigenvalue weighted by atomic mass is 10.2. The Kier molecular flexibility index (Phi) is 5.77. The van der Waals surface area contributed by atoms with Crippen LogP contribution in [0.5, 0.6) is 0 Å². The zero-order valence-corrected chi connectivity index (χ0v) is 12.2. The summed E-state index contributed by atoms with van der Waals surface area (Å²) in [5, 5.41) is 8.74. The van der Waals surface area contributed by atoms with Gasteiger partial charge in [0.25, 0.3) is 10.2 Å². The van der Waals surface area contributed by atoms with Crippen LogP contribution in [0.4, 0.5) is 0 Å². The van der Waals surface area contributed by atoms with Gasteiger partial charge in [-0.25, -0.2) is 0 Å². The number of nitrogens with zero attached hydrogens (tertiary/aromatic N) is 4. The third kappa shape index (κ3) is 4.19. The van der Waals surface area contributed by atoms with Crippen LogP contribution in [0.1, 0.15) is 6.92 Å². The molecule has 0 spiro atoms. The van der Waals surface area contributed by atoms with E-state index in [4.69, 9.17) is 11.7 Å². The summed E-state index contributed by atoms with van der Waals surface area (Å²) in [7, 11) is -1.96. The van der Waals surface area contributed by atoms with Crippen molar-refractivity contribution in [1.82, 2.24) is 13.5 Å². The van der Waals surface area contributed by atoms with Gasteiger partial charge in [0.05, 0.1) is 18.5 Å². The summed E-state index contributed by atoms with van der Waals surface area (Å²) < 4.78 is 27.3. The molecule has 0 aliphatic carbocycles. The summed E-state index contributed by atoms with van der Waals surface area (Å²) >= 11 is 0. The Labute approximate surface area is 115 Å². The number of piperazine rings is 1. The predicted molar refractivity (Wildman–Crippen MR) is 73.2 cm³/mol. The molecule has 0 bridgehead atoms. The van der Waals surface area contributed by atoms with Crippen molar-refractivity contribution in [3.05, 3.63) is 0 Å². The van der Waals surface area contributed by atoms with E-state index in [2.05, 4.69) is 5.92 Å². The molecule has 0 saturated carbocycles. The van der Waals surface area contributed by atoms with E-state index in [-0.39, 0.29) is 12.5 Å². The average Bonchev–Trinajstić information content (AvgIpc) is 2.39. The number of hydrogen-bond donors (Lipinski definition) is 0. The molecule has 0 N–H and O–H groups in total. The van der Waals surface area contributed by atoms with Gasteiger partial charge in [0.2, 0.25) is 0 Å². The fourth-order valence-corrected chi connectivity index (χ4v) is 3.40. The highest BCUT2D eigenvalue weighted by atomic mass is 32.2. The van der Waals surface area contributed by atoms with Crippen molar-refractivity contribution in [3.63, 3.8) is 0 Å². The van der Waals surface area contributed by atoms with Gasteiger partial charge in [-0.2, -0.15) is 22.3 Å².